The number of amides is 1. The first-order valence-electron chi connectivity index (χ1n) is 9.96. The molecule has 2 aromatic carbocycles. The summed E-state index contributed by atoms with van der Waals surface area (Å²) >= 11 is 0. The largest absolute Gasteiger partial charge is 0.352 e. The number of benzene rings is 2. The number of hydrogen-bond acceptors (Lipinski definition) is 4. The quantitative estimate of drug-likeness (QED) is 0.728. The fourth-order valence-electron chi connectivity index (χ4n) is 3.48. The monoisotopic (exact) mass is 415 g/mol. The van der Waals surface area contributed by atoms with Crippen molar-refractivity contribution in [1.29, 1.82) is 0 Å². The molecule has 29 heavy (non-hydrogen) atoms. The van der Waals surface area contributed by atoms with Gasteiger partial charge in [-0.25, -0.2) is 8.42 Å². The second-order valence-electron chi connectivity index (χ2n) is 7.95. The number of hydrogen-bond donors (Lipinski definition) is 2. The van der Waals surface area contributed by atoms with Crippen molar-refractivity contribution in [3.05, 3.63) is 59.7 Å². The molecule has 0 bridgehead atoms. The van der Waals surface area contributed by atoms with Gasteiger partial charge in [0.05, 0.1) is 4.90 Å². The van der Waals surface area contributed by atoms with Crippen LogP contribution in [0.3, 0.4) is 0 Å². The topological polar surface area (TPSA) is 78.5 Å². The summed E-state index contributed by atoms with van der Waals surface area (Å²) in [6, 6.07) is 13.8. The van der Waals surface area contributed by atoms with E-state index in [4.69, 9.17) is 0 Å². The zero-order valence-corrected chi connectivity index (χ0v) is 18.0. The van der Waals surface area contributed by atoms with Gasteiger partial charge >= 0.3 is 0 Å². The van der Waals surface area contributed by atoms with Crippen LogP contribution in [-0.2, 0) is 10.0 Å². The Bertz CT molecular complexity index is 956. The Labute approximate surface area is 173 Å². The molecule has 1 saturated heterocycles. The van der Waals surface area contributed by atoms with E-state index in [1.165, 1.54) is 12.1 Å². The molecule has 1 heterocycles. The highest BCUT2D eigenvalue weighted by Gasteiger charge is 2.24. The highest BCUT2D eigenvalue weighted by molar-refractivity contribution is 7.92. The number of aryl methyl sites for hydroxylation is 1. The molecule has 0 saturated carbocycles. The van der Waals surface area contributed by atoms with Crippen LogP contribution in [0, 0.1) is 12.8 Å². The average Bonchev–Trinajstić information content (AvgIpc) is 3.17. The lowest BCUT2D eigenvalue weighted by Gasteiger charge is -2.20. The molecule has 1 aliphatic rings. The van der Waals surface area contributed by atoms with Gasteiger partial charge in [-0.05, 0) is 70.0 Å². The molecule has 1 amide bonds. The maximum absolute atomic E-state index is 12.7. The Morgan fingerprint density at radius 1 is 1.17 bits per heavy atom. The molecule has 2 aromatic rings. The molecule has 6 nitrogen and oxygen atoms in total. The average molecular weight is 416 g/mol. The summed E-state index contributed by atoms with van der Waals surface area (Å²) < 4.78 is 27.9. The van der Waals surface area contributed by atoms with Crippen LogP contribution in [0.5, 0.6) is 0 Å². The summed E-state index contributed by atoms with van der Waals surface area (Å²) in [4.78, 5) is 15.0. The van der Waals surface area contributed by atoms with E-state index >= 15 is 0 Å². The van der Waals surface area contributed by atoms with Crippen molar-refractivity contribution in [1.82, 2.24) is 10.2 Å². The SMILES string of the molecule is Cc1ccc(NS(=O)(=O)c2cccc(C(=O)NCC3CCN(C(C)C)C3)c2)cc1. The third kappa shape index (κ3) is 5.58. The molecule has 1 aliphatic heterocycles. The van der Waals surface area contributed by atoms with Gasteiger partial charge in [0.1, 0.15) is 0 Å². The highest BCUT2D eigenvalue weighted by Crippen LogP contribution is 2.19. The van der Waals surface area contributed by atoms with Crippen LogP contribution in [0.4, 0.5) is 5.69 Å². The standard InChI is InChI=1S/C22H29N3O3S/c1-16(2)25-12-11-18(15-25)14-23-22(26)19-5-4-6-21(13-19)29(27,28)24-20-9-7-17(3)8-10-20/h4-10,13,16,18,24H,11-12,14-15H2,1-3H3,(H,23,26). The van der Waals surface area contributed by atoms with Crippen LogP contribution in [0.15, 0.2) is 53.4 Å². The van der Waals surface area contributed by atoms with Crippen molar-refractivity contribution in [2.45, 2.75) is 38.1 Å². The van der Waals surface area contributed by atoms with Crippen LogP contribution < -0.4 is 10.0 Å². The Balaban J connectivity index is 1.64. The molecule has 1 unspecified atom stereocenters. The van der Waals surface area contributed by atoms with E-state index in [-0.39, 0.29) is 10.8 Å². The number of carbonyl (C=O) groups is 1. The zero-order chi connectivity index (χ0) is 21.0. The van der Waals surface area contributed by atoms with E-state index in [1.54, 1.807) is 24.3 Å². The molecule has 1 fully saturated rings. The van der Waals surface area contributed by atoms with Crippen LogP contribution in [0.1, 0.15) is 36.2 Å². The van der Waals surface area contributed by atoms with Crippen molar-refractivity contribution in [3.63, 3.8) is 0 Å². The smallest absolute Gasteiger partial charge is 0.261 e. The minimum absolute atomic E-state index is 0.0672. The van der Waals surface area contributed by atoms with Crippen molar-refractivity contribution in [2.75, 3.05) is 24.4 Å². The lowest BCUT2D eigenvalue weighted by molar-refractivity contribution is 0.0947. The van der Waals surface area contributed by atoms with Gasteiger partial charge in [0, 0.05) is 30.4 Å². The molecule has 156 valence electrons. The van der Waals surface area contributed by atoms with Gasteiger partial charge < -0.3 is 10.2 Å². The molecule has 0 spiro atoms. The van der Waals surface area contributed by atoms with Crippen LogP contribution in [-0.4, -0.2) is 44.9 Å². The van der Waals surface area contributed by atoms with Crippen molar-refractivity contribution < 1.29 is 13.2 Å². The first-order chi connectivity index (χ1) is 13.7. The summed E-state index contributed by atoms with van der Waals surface area (Å²) in [7, 11) is -3.77. The number of sulfonamides is 1. The molecular formula is C22H29N3O3S. The molecule has 0 aromatic heterocycles. The normalized spacial score (nSPS) is 17.4. The Hall–Kier alpha value is -2.38. The fraction of sp³-hybridized carbons (Fsp3) is 0.409. The molecule has 0 radical (unpaired) electrons. The Morgan fingerprint density at radius 3 is 2.55 bits per heavy atom. The summed E-state index contributed by atoms with van der Waals surface area (Å²) in [6.45, 7) is 8.92. The number of rotatable bonds is 7. The molecule has 0 aliphatic carbocycles. The highest BCUT2D eigenvalue weighted by atomic mass is 32.2. The van der Waals surface area contributed by atoms with Gasteiger partial charge in [0.2, 0.25) is 0 Å². The van der Waals surface area contributed by atoms with Gasteiger partial charge in [-0.1, -0.05) is 23.8 Å². The maximum Gasteiger partial charge on any atom is 0.261 e. The molecular weight excluding hydrogens is 386 g/mol. The predicted molar refractivity (Wildman–Crippen MR) is 116 cm³/mol. The van der Waals surface area contributed by atoms with Gasteiger partial charge in [-0.2, -0.15) is 0 Å². The van der Waals surface area contributed by atoms with Gasteiger partial charge in [-0.15, -0.1) is 0 Å². The number of nitrogens with zero attached hydrogens (tertiary/aromatic N) is 1. The lowest BCUT2D eigenvalue weighted by Crippen LogP contribution is -2.33. The molecule has 7 heteroatoms. The lowest BCUT2D eigenvalue weighted by atomic mass is 10.1. The number of likely N-dealkylation sites (tertiary alicyclic amines) is 1. The van der Waals surface area contributed by atoms with E-state index in [0.29, 0.717) is 29.8 Å². The van der Waals surface area contributed by atoms with Crippen LogP contribution in [0.2, 0.25) is 0 Å². The minimum Gasteiger partial charge on any atom is -0.352 e. The third-order valence-corrected chi connectivity index (χ3v) is 6.69. The maximum atomic E-state index is 12.7. The fourth-order valence-corrected chi connectivity index (χ4v) is 4.58. The summed E-state index contributed by atoms with van der Waals surface area (Å²) in [5.74, 6) is 0.178. The number of carbonyl (C=O) groups excluding carboxylic acids is 1. The van der Waals surface area contributed by atoms with Crippen molar-refractivity contribution in [2.24, 2.45) is 5.92 Å². The predicted octanol–water partition coefficient (Wildman–Crippen LogP) is 3.26. The minimum atomic E-state index is -3.77. The van der Waals surface area contributed by atoms with Gasteiger partial charge in [-0.3, -0.25) is 9.52 Å². The van der Waals surface area contributed by atoms with Gasteiger partial charge in [0.15, 0.2) is 0 Å². The first-order valence-corrected chi connectivity index (χ1v) is 11.4. The molecule has 3 rings (SSSR count). The van der Waals surface area contributed by atoms with Crippen LogP contribution in [0.25, 0.3) is 0 Å². The van der Waals surface area contributed by atoms with E-state index in [9.17, 15) is 13.2 Å². The van der Waals surface area contributed by atoms with E-state index in [2.05, 4.69) is 28.8 Å². The Kier molecular flexibility index (Phi) is 6.59. The Morgan fingerprint density at radius 2 is 1.90 bits per heavy atom. The number of anilines is 1. The summed E-state index contributed by atoms with van der Waals surface area (Å²) in [6.07, 6.45) is 1.06. The van der Waals surface area contributed by atoms with E-state index in [1.807, 2.05) is 19.1 Å². The molecule has 1 atom stereocenters. The third-order valence-electron chi connectivity index (χ3n) is 5.31. The zero-order valence-electron chi connectivity index (χ0n) is 17.2. The van der Waals surface area contributed by atoms with Gasteiger partial charge in [0.25, 0.3) is 15.9 Å². The van der Waals surface area contributed by atoms with Crippen LogP contribution >= 0.6 is 0 Å². The second-order valence-corrected chi connectivity index (χ2v) is 9.64. The first kappa shape index (κ1) is 21.3. The van der Waals surface area contributed by atoms with E-state index < -0.39 is 10.0 Å². The molecule has 2 N–H and O–H groups in total. The summed E-state index contributed by atoms with van der Waals surface area (Å²) in [5.41, 5.74) is 1.88. The second kappa shape index (κ2) is 8.97. The van der Waals surface area contributed by atoms with Crippen molar-refractivity contribution >= 4 is 21.6 Å². The summed E-state index contributed by atoms with van der Waals surface area (Å²) in [5, 5.41) is 2.95. The number of nitrogens with one attached hydrogen (secondary N) is 2. The van der Waals surface area contributed by atoms with E-state index in [0.717, 1.165) is 25.1 Å². The van der Waals surface area contributed by atoms with Crippen molar-refractivity contribution in [3.8, 4) is 0 Å².